The first-order valence-corrected chi connectivity index (χ1v) is 6.08. The summed E-state index contributed by atoms with van der Waals surface area (Å²) in [6.45, 7) is 3.96. The molecule has 2 aromatic rings. The quantitative estimate of drug-likeness (QED) is 0.678. The zero-order chi connectivity index (χ0) is 13.3. The monoisotopic (exact) mass is 266 g/mol. The Labute approximate surface area is 110 Å². The highest BCUT2D eigenvalue weighted by Crippen LogP contribution is 2.30. The fourth-order valence-corrected chi connectivity index (χ4v) is 2.28. The van der Waals surface area contributed by atoms with Gasteiger partial charge in [-0.05, 0) is 37.1 Å². The molecule has 94 valence electrons. The Morgan fingerprint density at radius 3 is 2.00 bits per heavy atom. The lowest BCUT2D eigenvalue weighted by molar-refractivity contribution is 0.507. The Morgan fingerprint density at radius 1 is 0.833 bits per heavy atom. The van der Waals surface area contributed by atoms with E-state index < -0.39 is 17.0 Å². The summed E-state index contributed by atoms with van der Waals surface area (Å²) in [5.41, 5.74) is 3.64. The number of hydrogen-bond acceptors (Lipinski definition) is 0. The maximum absolute atomic E-state index is 13.2. The molecule has 0 amide bonds. The molecule has 0 aliphatic heterocycles. The van der Waals surface area contributed by atoms with Crippen molar-refractivity contribution in [2.45, 2.75) is 19.2 Å². The van der Waals surface area contributed by atoms with Crippen LogP contribution in [-0.4, -0.2) is 0 Å². The molecule has 0 aliphatic rings. The lowest BCUT2D eigenvalue weighted by atomic mass is 10.00. The zero-order valence-corrected chi connectivity index (χ0v) is 10.9. The number of halogens is 3. The number of rotatable bonds is 2. The van der Waals surface area contributed by atoms with Gasteiger partial charge in [-0.2, -0.15) is 0 Å². The molecule has 0 saturated carbocycles. The van der Waals surface area contributed by atoms with Gasteiger partial charge >= 0.3 is 0 Å². The van der Waals surface area contributed by atoms with Crippen LogP contribution in [0, 0.1) is 25.5 Å². The van der Waals surface area contributed by atoms with Gasteiger partial charge < -0.3 is 0 Å². The molecule has 0 spiro atoms. The fourth-order valence-electron chi connectivity index (χ4n) is 2.02. The van der Waals surface area contributed by atoms with Crippen LogP contribution in [0.4, 0.5) is 8.78 Å². The molecule has 18 heavy (non-hydrogen) atoms. The van der Waals surface area contributed by atoms with Crippen molar-refractivity contribution in [3.63, 3.8) is 0 Å². The van der Waals surface area contributed by atoms with E-state index in [2.05, 4.69) is 0 Å². The van der Waals surface area contributed by atoms with Gasteiger partial charge in [0.05, 0.1) is 5.38 Å². The van der Waals surface area contributed by atoms with E-state index in [1.807, 2.05) is 32.0 Å². The number of alkyl halides is 1. The van der Waals surface area contributed by atoms with Gasteiger partial charge in [0.15, 0.2) is 11.6 Å². The van der Waals surface area contributed by atoms with Gasteiger partial charge in [0.25, 0.3) is 0 Å². The molecule has 0 saturated heterocycles. The van der Waals surface area contributed by atoms with Crippen molar-refractivity contribution in [1.82, 2.24) is 0 Å². The number of hydrogen-bond donors (Lipinski definition) is 0. The van der Waals surface area contributed by atoms with Crippen LogP contribution < -0.4 is 0 Å². The van der Waals surface area contributed by atoms with Crippen molar-refractivity contribution in [2.24, 2.45) is 0 Å². The van der Waals surface area contributed by atoms with Crippen LogP contribution in [0.25, 0.3) is 0 Å². The molecular weight excluding hydrogens is 254 g/mol. The topological polar surface area (TPSA) is 0 Å². The van der Waals surface area contributed by atoms with Crippen LogP contribution in [0.15, 0.2) is 36.4 Å². The minimum absolute atomic E-state index is 0.473. The molecule has 0 nitrogen and oxygen atoms in total. The third-order valence-corrected chi connectivity index (χ3v) is 3.28. The maximum Gasteiger partial charge on any atom is 0.159 e. The summed E-state index contributed by atoms with van der Waals surface area (Å²) in [5.74, 6) is -1.73. The van der Waals surface area contributed by atoms with Gasteiger partial charge in [-0.25, -0.2) is 8.78 Å². The average molecular weight is 267 g/mol. The summed E-state index contributed by atoms with van der Waals surface area (Å²) >= 11 is 6.31. The van der Waals surface area contributed by atoms with Gasteiger partial charge in [0.1, 0.15) is 0 Å². The van der Waals surface area contributed by atoms with Crippen molar-refractivity contribution in [3.05, 3.63) is 70.3 Å². The predicted molar refractivity (Wildman–Crippen MR) is 70.0 cm³/mol. The molecule has 0 radical (unpaired) electrons. The van der Waals surface area contributed by atoms with Gasteiger partial charge in [-0.15, -0.1) is 11.6 Å². The maximum atomic E-state index is 13.2. The van der Waals surface area contributed by atoms with E-state index in [1.165, 1.54) is 6.07 Å². The van der Waals surface area contributed by atoms with Crippen molar-refractivity contribution in [3.8, 4) is 0 Å². The first-order chi connectivity index (χ1) is 8.47. The highest BCUT2D eigenvalue weighted by molar-refractivity contribution is 6.22. The second-order valence-corrected chi connectivity index (χ2v) is 4.89. The highest BCUT2D eigenvalue weighted by atomic mass is 35.5. The van der Waals surface area contributed by atoms with Gasteiger partial charge in [0.2, 0.25) is 0 Å². The van der Waals surface area contributed by atoms with E-state index in [1.54, 1.807) is 0 Å². The van der Waals surface area contributed by atoms with Crippen LogP contribution >= 0.6 is 11.6 Å². The van der Waals surface area contributed by atoms with Gasteiger partial charge in [-0.1, -0.05) is 35.4 Å². The summed E-state index contributed by atoms with van der Waals surface area (Å²) in [5, 5.41) is -0.473. The third kappa shape index (κ3) is 2.70. The molecule has 1 unspecified atom stereocenters. The van der Waals surface area contributed by atoms with Gasteiger partial charge in [0, 0.05) is 0 Å². The molecular formula is C15H13ClF2. The van der Waals surface area contributed by atoms with Crippen LogP contribution in [0.5, 0.6) is 0 Å². The number of aryl methyl sites for hydroxylation is 2. The lowest BCUT2D eigenvalue weighted by Gasteiger charge is -2.12. The minimum Gasteiger partial charge on any atom is -0.204 e. The van der Waals surface area contributed by atoms with Crippen molar-refractivity contribution >= 4 is 11.6 Å². The SMILES string of the molecule is Cc1cc(C)cc(C(Cl)c2ccc(F)c(F)c2)c1. The van der Waals surface area contributed by atoms with E-state index in [0.717, 1.165) is 28.8 Å². The Kier molecular flexibility index (Phi) is 3.67. The summed E-state index contributed by atoms with van der Waals surface area (Å²) in [4.78, 5) is 0. The molecule has 0 aliphatic carbocycles. The summed E-state index contributed by atoms with van der Waals surface area (Å²) < 4.78 is 26.1. The molecule has 0 bridgehead atoms. The van der Waals surface area contributed by atoms with Crippen molar-refractivity contribution in [2.75, 3.05) is 0 Å². The molecule has 0 fully saturated rings. The first-order valence-electron chi connectivity index (χ1n) is 5.64. The Morgan fingerprint density at radius 2 is 1.44 bits per heavy atom. The zero-order valence-electron chi connectivity index (χ0n) is 10.2. The van der Waals surface area contributed by atoms with Gasteiger partial charge in [-0.3, -0.25) is 0 Å². The second-order valence-electron chi connectivity index (χ2n) is 4.46. The largest absolute Gasteiger partial charge is 0.204 e. The summed E-state index contributed by atoms with van der Waals surface area (Å²) in [6.07, 6.45) is 0. The smallest absolute Gasteiger partial charge is 0.159 e. The van der Waals surface area contributed by atoms with Crippen LogP contribution in [0.3, 0.4) is 0 Å². The normalized spacial score (nSPS) is 12.5. The molecule has 0 aromatic heterocycles. The van der Waals surface area contributed by atoms with E-state index >= 15 is 0 Å². The van der Waals surface area contributed by atoms with Crippen molar-refractivity contribution < 1.29 is 8.78 Å². The summed E-state index contributed by atoms with van der Waals surface area (Å²) in [7, 11) is 0. The standard InChI is InChI=1S/C15H13ClF2/c1-9-5-10(2)7-12(6-9)15(16)11-3-4-13(17)14(18)8-11/h3-8,15H,1-2H3. The van der Waals surface area contributed by atoms with Crippen LogP contribution in [-0.2, 0) is 0 Å². The van der Waals surface area contributed by atoms with E-state index in [-0.39, 0.29) is 0 Å². The van der Waals surface area contributed by atoms with E-state index in [4.69, 9.17) is 11.6 Å². The minimum atomic E-state index is -0.873. The Balaban J connectivity index is 2.40. The van der Waals surface area contributed by atoms with E-state index in [9.17, 15) is 8.78 Å². The molecule has 0 N–H and O–H groups in total. The molecule has 2 rings (SSSR count). The van der Waals surface area contributed by atoms with E-state index in [0.29, 0.717) is 5.56 Å². The Bertz CT molecular complexity index is 558. The predicted octanol–water partition coefficient (Wildman–Crippen LogP) is 4.91. The van der Waals surface area contributed by atoms with Crippen molar-refractivity contribution in [1.29, 1.82) is 0 Å². The second kappa shape index (κ2) is 5.07. The summed E-state index contributed by atoms with van der Waals surface area (Å²) in [6, 6.07) is 9.69. The Hall–Kier alpha value is -1.41. The molecule has 1 atom stereocenters. The average Bonchev–Trinajstić information content (AvgIpc) is 2.30. The lowest BCUT2D eigenvalue weighted by Crippen LogP contribution is -1.97. The first kappa shape index (κ1) is 13.0. The highest BCUT2D eigenvalue weighted by Gasteiger charge is 2.13. The van der Waals surface area contributed by atoms with Crippen LogP contribution in [0.2, 0.25) is 0 Å². The number of benzene rings is 2. The molecule has 3 heteroatoms. The fraction of sp³-hybridized carbons (Fsp3) is 0.200. The molecule has 0 heterocycles. The van der Waals surface area contributed by atoms with Crippen LogP contribution in [0.1, 0.15) is 27.6 Å². The third-order valence-electron chi connectivity index (χ3n) is 2.77. The molecule has 2 aromatic carbocycles.